The lowest BCUT2D eigenvalue weighted by Gasteiger charge is -2.29. The first-order valence-electron chi connectivity index (χ1n) is 8.50. The lowest BCUT2D eigenvalue weighted by atomic mass is 10.1. The van der Waals surface area contributed by atoms with Crippen LogP contribution in [0.1, 0.15) is 23.6 Å². The average Bonchev–Trinajstić information content (AvgIpc) is 2.59. The van der Waals surface area contributed by atoms with Gasteiger partial charge in [-0.1, -0.05) is 41.4 Å². The molecule has 0 saturated carbocycles. The van der Waals surface area contributed by atoms with E-state index in [1.54, 1.807) is 6.07 Å². The maximum atomic E-state index is 13.2. The topological polar surface area (TPSA) is 66.5 Å². The van der Waals surface area contributed by atoms with Gasteiger partial charge in [0.2, 0.25) is 15.9 Å². The van der Waals surface area contributed by atoms with Crippen molar-refractivity contribution in [3.63, 3.8) is 0 Å². The molecular formula is C19H20ClF3N2O3S. The van der Waals surface area contributed by atoms with Crippen molar-refractivity contribution in [3.8, 4) is 0 Å². The fraction of sp³-hybridized carbons (Fsp3) is 0.316. The summed E-state index contributed by atoms with van der Waals surface area (Å²) in [5.41, 5.74) is 0.311. The molecule has 158 valence electrons. The molecule has 0 aliphatic rings. The first kappa shape index (κ1) is 23.0. The van der Waals surface area contributed by atoms with E-state index in [2.05, 4.69) is 5.32 Å². The fourth-order valence-electron chi connectivity index (χ4n) is 2.84. The number of carbonyl (C=O) groups excluding carboxylic acids is 1. The van der Waals surface area contributed by atoms with Gasteiger partial charge in [-0.15, -0.1) is 0 Å². The number of nitrogens with one attached hydrogen (secondary N) is 1. The molecule has 0 spiro atoms. The van der Waals surface area contributed by atoms with Crippen LogP contribution in [0, 0.1) is 6.92 Å². The Hall–Kier alpha value is -2.26. The zero-order valence-electron chi connectivity index (χ0n) is 15.9. The number of amides is 1. The van der Waals surface area contributed by atoms with Gasteiger partial charge in [-0.05, 0) is 37.6 Å². The summed E-state index contributed by atoms with van der Waals surface area (Å²) in [6.45, 7) is 3.34. The molecule has 5 nitrogen and oxygen atoms in total. The van der Waals surface area contributed by atoms with Crippen molar-refractivity contribution < 1.29 is 26.4 Å². The molecule has 1 amide bonds. The molecule has 29 heavy (non-hydrogen) atoms. The van der Waals surface area contributed by atoms with Crippen LogP contribution in [0.2, 0.25) is 5.02 Å². The predicted molar refractivity (Wildman–Crippen MR) is 106 cm³/mol. The second-order valence-corrected chi connectivity index (χ2v) is 8.87. The van der Waals surface area contributed by atoms with Crippen molar-refractivity contribution >= 4 is 33.2 Å². The van der Waals surface area contributed by atoms with E-state index in [0.29, 0.717) is 10.4 Å². The summed E-state index contributed by atoms with van der Waals surface area (Å²) >= 11 is 5.60. The minimum atomic E-state index is -4.77. The molecule has 0 aliphatic carbocycles. The summed E-state index contributed by atoms with van der Waals surface area (Å²) in [5.74, 6) is -0.652. The van der Waals surface area contributed by atoms with Crippen LogP contribution in [0.3, 0.4) is 0 Å². The highest BCUT2D eigenvalue weighted by molar-refractivity contribution is 7.92. The Labute approximate surface area is 172 Å². The van der Waals surface area contributed by atoms with Crippen LogP contribution in [0.5, 0.6) is 0 Å². The molecule has 0 aliphatic heterocycles. The number of rotatable bonds is 6. The van der Waals surface area contributed by atoms with E-state index in [-0.39, 0.29) is 12.2 Å². The average molecular weight is 449 g/mol. The molecule has 2 aromatic carbocycles. The molecule has 0 fully saturated rings. The van der Waals surface area contributed by atoms with Crippen LogP contribution < -0.4 is 9.62 Å². The van der Waals surface area contributed by atoms with E-state index in [1.807, 2.05) is 25.1 Å². The second kappa shape index (κ2) is 8.62. The van der Waals surface area contributed by atoms with Crippen LogP contribution in [0.15, 0.2) is 42.5 Å². The standard InChI is InChI=1S/C19H20ClF3N2O3S/c1-12-5-4-6-14(9-12)11-24-18(26)13(2)25(29(3,27)28)15-7-8-17(20)16(10-15)19(21,22)23/h4-10,13H,11H2,1-3H3,(H,24,26)/t13-/m0/s1. The van der Waals surface area contributed by atoms with Crippen molar-refractivity contribution in [2.24, 2.45) is 0 Å². The quantitative estimate of drug-likeness (QED) is 0.722. The van der Waals surface area contributed by atoms with E-state index < -0.39 is 38.7 Å². The number of sulfonamides is 1. The van der Waals surface area contributed by atoms with E-state index in [0.717, 1.165) is 29.5 Å². The lowest BCUT2D eigenvalue weighted by Crippen LogP contribution is -2.47. The Balaban J connectivity index is 2.32. The van der Waals surface area contributed by atoms with Crippen molar-refractivity contribution in [2.75, 3.05) is 10.6 Å². The number of hydrogen-bond acceptors (Lipinski definition) is 3. The van der Waals surface area contributed by atoms with Crippen molar-refractivity contribution in [2.45, 2.75) is 32.6 Å². The molecule has 0 unspecified atom stereocenters. The molecule has 1 N–H and O–H groups in total. The Bertz CT molecular complexity index is 1010. The van der Waals surface area contributed by atoms with Gasteiger partial charge >= 0.3 is 6.18 Å². The van der Waals surface area contributed by atoms with Gasteiger partial charge in [-0.25, -0.2) is 8.42 Å². The number of carbonyl (C=O) groups is 1. The third-order valence-corrected chi connectivity index (χ3v) is 5.72. The van der Waals surface area contributed by atoms with E-state index in [1.165, 1.54) is 6.92 Å². The lowest BCUT2D eigenvalue weighted by molar-refractivity contribution is -0.137. The zero-order valence-corrected chi connectivity index (χ0v) is 17.5. The van der Waals surface area contributed by atoms with Gasteiger partial charge in [0.05, 0.1) is 22.5 Å². The monoisotopic (exact) mass is 448 g/mol. The largest absolute Gasteiger partial charge is 0.417 e. The molecule has 0 radical (unpaired) electrons. The first-order chi connectivity index (χ1) is 13.3. The molecule has 0 heterocycles. The smallest absolute Gasteiger partial charge is 0.350 e. The highest BCUT2D eigenvalue weighted by Gasteiger charge is 2.36. The number of alkyl halides is 3. The van der Waals surface area contributed by atoms with Gasteiger partial charge in [-0.2, -0.15) is 13.2 Å². The number of hydrogen-bond donors (Lipinski definition) is 1. The number of halogens is 4. The zero-order chi connectivity index (χ0) is 22.0. The summed E-state index contributed by atoms with van der Waals surface area (Å²) in [5, 5.41) is 2.05. The SMILES string of the molecule is Cc1cccc(CNC(=O)[C@H](C)N(c2ccc(Cl)c(C(F)(F)F)c2)S(C)(=O)=O)c1. The van der Waals surface area contributed by atoms with E-state index >= 15 is 0 Å². The van der Waals surface area contributed by atoms with Crippen LogP contribution in [-0.4, -0.2) is 26.6 Å². The minimum Gasteiger partial charge on any atom is -0.350 e. The molecule has 1 atom stereocenters. The Morgan fingerprint density at radius 2 is 1.86 bits per heavy atom. The highest BCUT2D eigenvalue weighted by Crippen LogP contribution is 2.37. The first-order valence-corrected chi connectivity index (χ1v) is 10.7. The van der Waals surface area contributed by atoms with E-state index in [4.69, 9.17) is 11.6 Å². The van der Waals surface area contributed by atoms with Gasteiger partial charge in [0.25, 0.3) is 0 Å². The van der Waals surface area contributed by atoms with Gasteiger partial charge in [0.1, 0.15) is 6.04 Å². The molecule has 2 rings (SSSR count). The van der Waals surface area contributed by atoms with Gasteiger partial charge in [-0.3, -0.25) is 9.10 Å². The van der Waals surface area contributed by atoms with Crippen molar-refractivity contribution in [3.05, 3.63) is 64.2 Å². The fourth-order valence-corrected chi connectivity index (χ4v) is 4.23. The summed E-state index contributed by atoms with van der Waals surface area (Å²) < 4.78 is 64.7. The van der Waals surface area contributed by atoms with Crippen LogP contribution in [-0.2, 0) is 27.5 Å². The number of benzene rings is 2. The predicted octanol–water partition coefficient (Wildman–Crippen LogP) is 4.14. The molecular weight excluding hydrogens is 429 g/mol. The highest BCUT2D eigenvalue weighted by atomic mass is 35.5. The summed E-state index contributed by atoms with van der Waals surface area (Å²) in [4.78, 5) is 12.5. The summed E-state index contributed by atoms with van der Waals surface area (Å²) in [6.07, 6.45) is -3.95. The third-order valence-electron chi connectivity index (χ3n) is 4.15. The molecule has 0 bridgehead atoms. The van der Waals surface area contributed by atoms with Gasteiger partial charge in [0.15, 0.2) is 0 Å². The normalized spacial score (nSPS) is 13.1. The van der Waals surface area contributed by atoms with Crippen molar-refractivity contribution in [1.82, 2.24) is 5.32 Å². The minimum absolute atomic E-state index is 0.150. The number of aryl methyl sites for hydroxylation is 1. The summed E-state index contributed by atoms with van der Waals surface area (Å²) in [6, 6.07) is 8.77. The number of nitrogens with zero attached hydrogens (tertiary/aromatic N) is 1. The van der Waals surface area contributed by atoms with Gasteiger partial charge in [0, 0.05) is 6.54 Å². The van der Waals surface area contributed by atoms with E-state index in [9.17, 15) is 26.4 Å². The number of anilines is 1. The molecule has 2 aromatic rings. The van der Waals surface area contributed by atoms with Crippen LogP contribution in [0.25, 0.3) is 0 Å². The van der Waals surface area contributed by atoms with Gasteiger partial charge < -0.3 is 5.32 Å². The molecule has 10 heteroatoms. The van der Waals surface area contributed by atoms with Crippen molar-refractivity contribution in [1.29, 1.82) is 0 Å². The maximum Gasteiger partial charge on any atom is 0.417 e. The summed E-state index contributed by atoms with van der Waals surface area (Å²) in [7, 11) is -4.06. The molecule has 0 aromatic heterocycles. The third kappa shape index (κ3) is 5.86. The second-order valence-electron chi connectivity index (χ2n) is 6.60. The Morgan fingerprint density at radius 3 is 2.41 bits per heavy atom. The Kier molecular flexibility index (Phi) is 6.85. The van der Waals surface area contributed by atoms with Crippen LogP contribution >= 0.6 is 11.6 Å². The molecule has 0 saturated heterocycles. The van der Waals surface area contributed by atoms with Crippen LogP contribution in [0.4, 0.5) is 18.9 Å². The maximum absolute atomic E-state index is 13.2. The Morgan fingerprint density at radius 1 is 1.21 bits per heavy atom.